The third-order valence-corrected chi connectivity index (χ3v) is 4.45. The normalized spacial score (nSPS) is 23.1. The van der Waals surface area contributed by atoms with Gasteiger partial charge in [-0.25, -0.2) is 0 Å². The number of allylic oxidation sites excluding steroid dienone is 3. The van der Waals surface area contributed by atoms with Crippen molar-refractivity contribution in [3.8, 4) is 0 Å². The van der Waals surface area contributed by atoms with E-state index in [4.69, 9.17) is 0 Å². The lowest BCUT2D eigenvalue weighted by molar-refractivity contribution is 0.480. The SMILES string of the molecule is C=C(C)C1CCC(C)=CC1c1c(C)cc(C)cc1C. The number of hydrogen-bond donors (Lipinski definition) is 0. The molecule has 0 heterocycles. The van der Waals surface area contributed by atoms with Gasteiger partial charge in [0, 0.05) is 5.92 Å². The maximum absolute atomic E-state index is 4.23. The summed E-state index contributed by atoms with van der Waals surface area (Å²) in [6.07, 6.45) is 4.95. The van der Waals surface area contributed by atoms with Crippen LogP contribution in [0.25, 0.3) is 0 Å². The minimum atomic E-state index is 0.520. The van der Waals surface area contributed by atoms with Crippen LogP contribution in [0, 0.1) is 26.7 Å². The van der Waals surface area contributed by atoms with Crippen molar-refractivity contribution in [2.75, 3.05) is 0 Å². The molecule has 0 N–H and O–H groups in total. The Morgan fingerprint density at radius 2 is 1.68 bits per heavy atom. The van der Waals surface area contributed by atoms with Gasteiger partial charge in [-0.15, -0.1) is 0 Å². The molecule has 0 radical (unpaired) electrons. The molecule has 1 aromatic carbocycles. The molecular formula is C19H26. The lowest BCUT2D eigenvalue weighted by Gasteiger charge is -2.32. The van der Waals surface area contributed by atoms with E-state index in [1.807, 2.05) is 0 Å². The van der Waals surface area contributed by atoms with Crippen LogP contribution in [0.1, 0.15) is 54.9 Å². The van der Waals surface area contributed by atoms with Gasteiger partial charge in [0.25, 0.3) is 0 Å². The van der Waals surface area contributed by atoms with Crippen molar-refractivity contribution >= 4 is 0 Å². The highest BCUT2D eigenvalue weighted by atomic mass is 14.3. The third-order valence-electron chi connectivity index (χ3n) is 4.45. The third kappa shape index (κ3) is 2.83. The lowest BCUT2D eigenvalue weighted by atomic mass is 9.72. The Hall–Kier alpha value is -1.30. The second-order valence-corrected chi connectivity index (χ2v) is 6.34. The van der Waals surface area contributed by atoms with Gasteiger partial charge in [0.1, 0.15) is 0 Å². The molecule has 19 heavy (non-hydrogen) atoms. The molecule has 1 aliphatic rings. The first-order valence-corrected chi connectivity index (χ1v) is 7.30. The van der Waals surface area contributed by atoms with Gasteiger partial charge in [-0.3, -0.25) is 0 Å². The van der Waals surface area contributed by atoms with E-state index in [-0.39, 0.29) is 0 Å². The number of hydrogen-bond acceptors (Lipinski definition) is 0. The molecule has 0 amide bonds. The standard InChI is InChI=1S/C19H26/c1-12(2)17-8-7-13(3)11-18(17)19-15(5)9-14(4)10-16(19)6/h9-11,17-18H,1,7-8H2,2-6H3. The molecule has 0 nitrogen and oxygen atoms in total. The van der Waals surface area contributed by atoms with Crippen LogP contribution in [0.4, 0.5) is 0 Å². The predicted octanol–water partition coefficient (Wildman–Crippen LogP) is 5.63. The summed E-state index contributed by atoms with van der Waals surface area (Å²) >= 11 is 0. The van der Waals surface area contributed by atoms with Crippen molar-refractivity contribution in [1.29, 1.82) is 0 Å². The molecule has 0 saturated heterocycles. The molecule has 102 valence electrons. The Kier molecular flexibility index (Phi) is 3.99. The second-order valence-electron chi connectivity index (χ2n) is 6.34. The van der Waals surface area contributed by atoms with Gasteiger partial charge in [0.05, 0.1) is 0 Å². The average molecular weight is 254 g/mol. The number of aryl methyl sites for hydroxylation is 3. The fourth-order valence-electron chi connectivity index (χ4n) is 3.62. The highest BCUT2D eigenvalue weighted by molar-refractivity contribution is 5.44. The molecule has 0 heteroatoms. The van der Waals surface area contributed by atoms with Gasteiger partial charge in [-0.1, -0.05) is 41.5 Å². The van der Waals surface area contributed by atoms with E-state index in [2.05, 4.69) is 59.4 Å². The van der Waals surface area contributed by atoms with Crippen molar-refractivity contribution in [2.45, 2.75) is 53.4 Å². The van der Waals surface area contributed by atoms with E-state index < -0.39 is 0 Å². The Labute approximate surface area is 118 Å². The van der Waals surface area contributed by atoms with E-state index >= 15 is 0 Å². The second kappa shape index (κ2) is 5.36. The smallest absolute Gasteiger partial charge is 0.00911 e. The van der Waals surface area contributed by atoms with Crippen LogP contribution in [0.3, 0.4) is 0 Å². The zero-order valence-corrected chi connectivity index (χ0v) is 13.0. The van der Waals surface area contributed by atoms with Crippen LogP contribution < -0.4 is 0 Å². The Balaban J connectivity index is 2.54. The minimum Gasteiger partial charge on any atom is -0.0998 e. The predicted molar refractivity (Wildman–Crippen MR) is 84.7 cm³/mol. The Morgan fingerprint density at radius 1 is 1.11 bits per heavy atom. The van der Waals surface area contributed by atoms with Gasteiger partial charge in [-0.2, -0.15) is 0 Å². The largest absolute Gasteiger partial charge is 0.0998 e. The average Bonchev–Trinajstić information content (AvgIpc) is 2.27. The van der Waals surface area contributed by atoms with Crippen LogP contribution in [-0.2, 0) is 0 Å². The molecule has 1 aromatic rings. The van der Waals surface area contributed by atoms with Crippen LogP contribution >= 0.6 is 0 Å². The highest BCUT2D eigenvalue weighted by Gasteiger charge is 2.27. The molecule has 0 aliphatic heterocycles. The van der Waals surface area contributed by atoms with Gasteiger partial charge in [0.2, 0.25) is 0 Å². The molecule has 0 spiro atoms. The molecule has 0 bridgehead atoms. The molecule has 2 unspecified atom stereocenters. The van der Waals surface area contributed by atoms with E-state index in [1.54, 1.807) is 0 Å². The van der Waals surface area contributed by atoms with Crippen LogP contribution in [-0.4, -0.2) is 0 Å². The molecule has 2 atom stereocenters. The minimum absolute atomic E-state index is 0.520. The van der Waals surface area contributed by atoms with Crippen molar-refractivity contribution in [2.24, 2.45) is 5.92 Å². The van der Waals surface area contributed by atoms with E-state index in [1.165, 1.54) is 46.2 Å². The van der Waals surface area contributed by atoms with E-state index in [9.17, 15) is 0 Å². The molecule has 0 aromatic heterocycles. The summed E-state index contributed by atoms with van der Waals surface area (Å²) in [5.41, 5.74) is 8.61. The van der Waals surface area contributed by atoms with E-state index in [0.717, 1.165) is 0 Å². The summed E-state index contributed by atoms with van der Waals surface area (Å²) in [4.78, 5) is 0. The van der Waals surface area contributed by atoms with E-state index in [0.29, 0.717) is 11.8 Å². The molecule has 1 aliphatic carbocycles. The van der Waals surface area contributed by atoms with Crippen LogP contribution in [0.15, 0.2) is 35.9 Å². The molecule has 0 fully saturated rings. The lowest BCUT2D eigenvalue weighted by Crippen LogP contribution is -2.18. The fraction of sp³-hybridized carbons (Fsp3) is 0.474. The van der Waals surface area contributed by atoms with Gasteiger partial charge in [0.15, 0.2) is 0 Å². The van der Waals surface area contributed by atoms with Gasteiger partial charge < -0.3 is 0 Å². The summed E-state index contributed by atoms with van der Waals surface area (Å²) < 4.78 is 0. The fourth-order valence-corrected chi connectivity index (χ4v) is 3.62. The zero-order chi connectivity index (χ0) is 14.2. The first-order valence-electron chi connectivity index (χ1n) is 7.30. The summed E-state index contributed by atoms with van der Waals surface area (Å²) in [7, 11) is 0. The van der Waals surface area contributed by atoms with Gasteiger partial charge >= 0.3 is 0 Å². The zero-order valence-electron chi connectivity index (χ0n) is 13.0. The van der Waals surface area contributed by atoms with Crippen molar-refractivity contribution < 1.29 is 0 Å². The van der Waals surface area contributed by atoms with Crippen molar-refractivity contribution in [3.05, 3.63) is 58.2 Å². The van der Waals surface area contributed by atoms with Crippen LogP contribution in [0.5, 0.6) is 0 Å². The van der Waals surface area contributed by atoms with Crippen molar-refractivity contribution in [3.63, 3.8) is 0 Å². The van der Waals surface area contributed by atoms with Gasteiger partial charge in [-0.05, 0) is 70.1 Å². The topological polar surface area (TPSA) is 0 Å². The van der Waals surface area contributed by atoms with Crippen LogP contribution in [0.2, 0.25) is 0 Å². The molecular weight excluding hydrogens is 228 g/mol. The van der Waals surface area contributed by atoms with Crippen molar-refractivity contribution in [1.82, 2.24) is 0 Å². The maximum atomic E-state index is 4.23. The first kappa shape index (κ1) is 14.1. The highest BCUT2D eigenvalue weighted by Crippen LogP contribution is 2.42. The summed E-state index contributed by atoms with van der Waals surface area (Å²) in [5, 5.41) is 0. The summed E-state index contributed by atoms with van der Waals surface area (Å²) in [5.74, 6) is 1.12. The number of rotatable bonds is 2. The Bertz CT molecular complexity index is 508. The molecule has 0 saturated carbocycles. The summed E-state index contributed by atoms with van der Waals surface area (Å²) in [6.45, 7) is 15.4. The summed E-state index contributed by atoms with van der Waals surface area (Å²) in [6, 6.07) is 4.63. The quantitative estimate of drug-likeness (QED) is 0.600. The maximum Gasteiger partial charge on any atom is 0.00911 e. The Morgan fingerprint density at radius 3 is 2.21 bits per heavy atom. The number of benzene rings is 1. The monoisotopic (exact) mass is 254 g/mol. The molecule has 2 rings (SSSR count). The first-order chi connectivity index (χ1) is 8.90.